The van der Waals surface area contributed by atoms with Gasteiger partial charge in [-0.2, -0.15) is 0 Å². The smallest absolute Gasteiger partial charge is 0.224 e. The van der Waals surface area contributed by atoms with Crippen molar-refractivity contribution >= 4 is 11.8 Å². The van der Waals surface area contributed by atoms with E-state index in [1.807, 2.05) is 0 Å². The van der Waals surface area contributed by atoms with Gasteiger partial charge >= 0.3 is 0 Å². The Hall–Kier alpha value is -6.18. The fraction of sp³-hybridized carbons (Fsp3) is 0.316. The van der Waals surface area contributed by atoms with E-state index in [0.717, 1.165) is 0 Å². The van der Waals surface area contributed by atoms with Crippen LogP contribution in [0.1, 0.15) is 22.3 Å². The number of aromatic hydroxyl groups is 4. The van der Waals surface area contributed by atoms with Crippen molar-refractivity contribution in [3.63, 3.8) is 0 Å². The number of hydrogen-bond acceptors (Lipinski definition) is 12. The zero-order valence-electron chi connectivity index (χ0n) is 29.8. The summed E-state index contributed by atoms with van der Waals surface area (Å²) in [4.78, 5) is 28.7. The van der Waals surface area contributed by atoms with Crippen LogP contribution in [0.3, 0.4) is 0 Å². The van der Waals surface area contributed by atoms with E-state index in [9.17, 15) is 30.0 Å². The van der Waals surface area contributed by atoms with Gasteiger partial charge in [0, 0.05) is 13.1 Å². The predicted octanol–water partition coefficient (Wildman–Crippen LogP) is 4.21. The molecule has 0 saturated heterocycles. The Balaban J connectivity index is 1.79. The Kier molecular flexibility index (Phi) is 13.1. The second kappa shape index (κ2) is 17.7. The SMILES string of the molecule is COc1cc(CNC(=O)[C@@H](Cc2cc(OC)c(O)c(OC)c2)[C@@H](Cc2cc(OC)c(O)c(OC)c2)C(=O)NCc2ccc(O)c(OC)c2)ccc1O. The van der Waals surface area contributed by atoms with Crippen LogP contribution in [0.25, 0.3) is 0 Å². The van der Waals surface area contributed by atoms with E-state index in [1.165, 1.54) is 54.8 Å². The zero-order valence-corrected chi connectivity index (χ0v) is 29.8. The molecular weight excluding hydrogens is 676 g/mol. The van der Waals surface area contributed by atoms with Gasteiger partial charge in [-0.3, -0.25) is 9.59 Å². The summed E-state index contributed by atoms with van der Waals surface area (Å²) in [6.07, 6.45) is -0.00951. The minimum atomic E-state index is -1.04. The molecule has 0 radical (unpaired) electrons. The molecule has 0 bridgehead atoms. The number of carbonyl (C=O) groups is 2. The van der Waals surface area contributed by atoms with Crippen LogP contribution in [0.2, 0.25) is 0 Å². The van der Waals surface area contributed by atoms with Crippen LogP contribution >= 0.6 is 0 Å². The summed E-state index contributed by atoms with van der Waals surface area (Å²) in [5.74, 6) is -2.73. The summed E-state index contributed by atoms with van der Waals surface area (Å²) in [6.45, 7) is 0.0768. The van der Waals surface area contributed by atoms with Crippen LogP contribution in [0.4, 0.5) is 0 Å². The van der Waals surface area contributed by atoms with E-state index in [4.69, 9.17) is 28.4 Å². The number of rotatable bonds is 17. The highest BCUT2D eigenvalue weighted by Gasteiger charge is 2.35. The third-order valence-corrected chi connectivity index (χ3v) is 8.57. The molecule has 0 heterocycles. The van der Waals surface area contributed by atoms with E-state index in [2.05, 4.69) is 10.6 Å². The van der Waals surface area contributed by atoms with Gasteiger partial charge in [0.1, 0.15) is 0 Å². The summed E-state index contributed by atoms with van der Waals surface area (Å²) in [7, 11) is 8.36. The molecule has 0 aliphatic heterocycles. The van der Waals surface area contributed by atoms with Gasteiger partial charge in [0.15, 0.2) is 46.0 Å². The van der Waals surface area contributed by atoms with E-state index in [1.54, 1.807) is 48.5 Å². The number of amides is 2. The number of carbonyl (C=O) groups excluding carboxylic acids is 2. The van der Waals surface area contributed by atoms with Gasteiger partial charge in [0.2, 0.25) is 23.3 Å². The molecule has 0 spiro atoms. The lowest BCUT2D eigenvalue weighted by Gasteiger charge is -2.27. The fourth-order valence-electron chi connectivity index (χ4n) is 5.78. The molecule has 4 aromatic rings. The summed E-state index contributed by atoms with van der Waals surface area (Å²) in [5.41, 5.74) is 2.31. The third kappa shape index (κ3) is 9.13. The zero-order chi connectivity index (χ0) is 37.9. The van der Waals surface area contributed by atoms with Gasteiger partial charge in [-0.15, -0.1) is 0 Å². The Bertz CT molecular complexity index is 1690. The molecule has 4 rings (SSSR count). The minimum Gasteiger partial charge on any atom is -0.504 e. The fourth-order valence-corrected chi connectivity index (χ4v) is 5.78. The van der Waals surface area contributed by atoms with Crippen molar-refractivity contribution in [2.75, 3.05) is 42.7 Å². The van der Waals surface area contributed by atoms with Crippen LogP contribution in [-0.2, 0) is 35.5 Å². The Labute approximate surface area is 301 Å². The summed E-state index contributed by atoms with van der Waals surface area (Å²) < 4.78 is 31.9. The topological polar surface area (TPSA) is 194 Å². The number of phenols is 4. The van der Waals surface area contributed by atoms with Crippen molar-refractivity contribution in [1.29, 1.82) is 0 Å². The van der Waals surface area contributed by atoms with Crippen molar-refractivity contribution in [1.82, 2.24) is 10.6 Å². The average Bonchev–Trinajstić information content (AvgIpc) is 3.15. The molecule has 0 unspecified atom stereocenters. The standard InChI is InChI=1S/C38H44N2O12/c1-47-29-13-21(7-9-27(29)41)19-39-37(45)25(11-23-15-31(49-3)35(43)32(16-23)50-4)26(12-24-17-33(51-5)36(44)34(18-24)52-6)38(46)40-20-22-8-10-28(42)30(14-22)48-2/h7-10,13-18,25-26,41-44H,11-12,19-20H2,1-6H3,(H,39,45)(H,40,46)/t25-,26+. The highest BCUT2D eigenvalue weighted by atomic mass is 16.5. The molecule has 0 aliphatic carbocycles. The highest BCUT2D eigenvalue weighted by Crippen LogP contribution is 2.40. The first-order valence-corrected chi connectivity index (χ1v) is 16.1. The molecule has 6 N–H and O–H groups in total. The average molecular weight is 721 g/mol. The Morgan fingerprint density at radius 3 is 1.06 bits per heavy atom. The highest BCUT2D eigenvalue weighted by molar-refractivity contribution is 5.88. The molecule has 4 aromatic carbocycles. The molecule has 14 nitrogen and oxygen atoms in total. The monoisotopic (exact) mass is 720 g/mol. The summed E-state index contributed by atoms with van der Waals surface area (Å²) >= 11 is 0. The predicted molar refractivity (Wildman–Crippen MR) is 190 cm³/mol. The lowest BCUT2D eigenvalue weighted by Crippen LogP contribution is -2.44. The lowest BCUT2D eigenvalue weighted by atomic mass is 9.81. The first kappa shape index (κ1) is 38.6. The second-order valence-electron chi connectivity index (χ2n) is 11.8. The van der Waals surface area contributed by atoms with E-state index in [0.29, 0.717) is 22.3 Å². The van der Waals surface area contributed by atoms with Crippen LogP contribution in [0.15, 0.2) is 60.7 Å². The number of ether oxygens (including phenoxy) is 6. The van der Waals surface area contributed by atoms with Crippen molar-refractivity contribution in [2.24, 2.45) is 11.8 Å². The lowest BCUT2D eigenvalue weighted by molar-refractivity contribution is -0.135. The number of nitrogens with one attached hydrogen (secondary N) is 2. The second-order valence-corrected chi connectivity index (χ2v) is 11.8. The molecule has 2 amide bonds. The molecule has 2 atom stereocenters. The molecule has 0 fully saturated rings. The normalized spacial score (nSPS) is 11.9. The van der Waals surface area contributed by atoms with E-state index < -0.39 is 23.7 Å². The molecule has 0 aliphatic rings. The molecule has 52 heavy (non-hydrogen) atoms. The van der Waals surface area contributed by atoms with Gasteiger partial charge in [-0.05, 0) is 83.6 Å². The van der Waals surface area contributed by atoms with Crippen LogP contribution in [0, 0.1) is 11.8 Å². The maximum atomic E-state index is 14.3. The maximum Gasteiger partial charge on any atom is 0.224 e. The van der Waals surface area contributed by atoms with Crippen LogP contribution in [-0.4, -0.2) is 74.9 Å². The molecule has 14 heteroatoms. The largest absolute Gasteiger partial charge is 0.504 e. The third-order valence-electron chi connectivity index (χ3n) is 8.57. The van der Waals surface area contributed by atoms with Crippen molar-refractivity contribution < 1.29 is 58.4 Å². The van der Waals surface area contributed by atoms with Crippen molar-refractivity contribution in [2.45, 2.75) is 25.9 Å². The van der Waals surface area contributed by atoms with Gasteiger partial charge in [-0.1, -0.05) is 12.1 Å². The van der Waals surface area contributed by atoms with Crippen molar-refractivity contribution in [3.05, 3.63) is 82.9 Å². The maximum absolute atomic E-state index is 14.3. The van der Waals surface area contributed by atoms with Crippen molar-refractivity contribution in [3.8, 4) is 57.5 Å². The molecular formula is C38H44N2O12. The Morgan fingerprint density at radius 2 is 0.769 bits per heavy atom. The first-order chi connectivity index (χ1) is 25.0. The number of phenolic OH excluding ortho intramolecular Hbond substituents is 4. The van der Waals surface area contributed by atoms with Crippen LogP contribution in [0.5, 0.6) is 57.5 Å². The summed E-state index contributed by atoms with van der Waals surface area (Å²) in [6, 6.07) is 15.6. The molecule has 278 valence electrons. The molecule has 0 saturated carbocycles. The van der Waals surface area contributed by atoms with Gasteiger partial charge in [0.05, 0.1) is 54.5 Å². The van der Waals surface area contributed by atoms with Gasteiger partial charge in [-0.25, -0.2) is 0 Å². The van der Waals surface area contributed by atoms with E-state index >= 15 is 0 Å². The van der Waals surface area contributed by atoms with Crippen LogP contribution < -0.4 is 39.1 Å². The molecule has 0 aromatic heterocycles. The van der Waals surface area contributed by atoms with Gasteiger partial charge < -0.3 is 59.5 Å². The van der Waals surface area contributed by atoms with Gasteiger partial charge in [0.25, 0.3) is 0 Å². The van der Waals surface area contributed by atoms with E-state index in [-0.39, 0.29) is 83.4 Å². The first-order valence-electron chi connectivity index (χ1n) is 16.1. The number of benzene rings is 4. The Morgan fingerprint density at radius 1 is 0.481 bits per heavy atom. The quantitative estimate of drug-likeness (QED) is 0.0912. The number of hydrogen-bond donors (Lipinski definition) is 6. The number of methoxy groups -OCH3 is 6. The summed E-state index contributed by atoms with van der Waals surface area (Å²) in [5, 5.41) is 47.2. The minimum absolute atomic E-state index is 0.00476.